The minimum absolute atomic E-state index is 0.140. The average Bonchev–Trinajstić information content (AvgIpc) is 3.03. The maximum atomic E-state index is 13.0. The van der Waals surface area contributed by atoms with Crippen molar-refractivity contribution in [3.63, 3.8) is 0 Å². The molecule has 0 aliphatic heterocycles. The summed E-state index contributed by atoms with van der Waals surface area (Å²) in [5, 5.41) is 0. The van der Waals surface area contributed by atoms with Crippen LogP contribution in [0, 0.1) is 11.8 Å². The second-order valence-electron chi connectivity index (χ2n) is 5.44. The zero-order valence-electron chi connectivity index (χ0n) is 11.8. The highest BCUT2D eigenvalue weighted by molar-refractivity contribution is 8.08. The number of Topliss-reactive ketones (excluding diaryl/α,β-unsaturated/α-hetero) is 2. The highest BCUT2D eigenvalue weighted by atomic mass is 35.5. The zero-order valence-corrected chi connectivity index (χ0v) is 15.0. The Kier molecular flexibility index (Phi) is 4.05. The van der Waals surface area contributed by atoms with Crippen LogP contribution in [0.1, 0.15) is 20.3 Å². The molecule has 3 aliphatic carbocycles. The first-order valence-corrected chi connectivity index (χ1v) is 9.81. The van der Waals surface area contributed by atoms with Crippen LogP contribution >= 0.6 is 46.7 Å². The van der Waals surface area contributed by atoms with Crippen LogP contribution in [0.5, 0.6) is 0 Å². The molecule has 1 saturated carbocycles. The van der Waals surface area contributed by atoms with E-state index in [0.717, 1.165) is 11.5 Å². The van der Waals surface area contributed by atoms with Crippen molar-refractivity contribution in [3.05, 3.63) is 22.0 Å². The monoisotopic (exact) mass is 362 g/mol. The molecule has 0 spiro atoms. The van der Waals surface area contributed by atoms with Gasteiger partial charge in [-0.1, -0.05) is 26.0 Å². The van der Waals surface area contributed by atoms with E-state index in [1.165, 1.54) is 23.5 Å². The molecular formula is C15H16Cl2O2S2. The molecule has 2 bridgehead atoms. The maximum Gasteiger partial charge on any atom is 0.194 e. The van der Waals surface area contributed by atoms with Gasteiger partial charge in [-0.25, -0.2) is 0 Å². The molecule has 0 heterocycles. The van der Waals surface area contributed by atoms with Crippen molar-refractivity contribution in [2.45, 2.75) is 30.0 Å². The highest BCUT2D eigenvalue weighted by Crippen LogP contribution is 2.65. The van der Waals surface area contributed by atoms with Crippen molar-refractivity contribution in [3.8, 4) is 0 Å². The van der Waals surface area contributed by atoms with Crippen LogP contribution in [0.25, 0.3) is 0 Å². The third-order valence-corrected chi connectivity index (χ3v) is 8.15. The van der Waals surface area contributed by atoms with E-state index in [4.69, 9.17) is 23.2 Å². The molecule has 0 aromatic heterocycles. The Morgan fingerprint density at radius 1 is 1.00 bits per heavy atom. The van der Waals surface area contributed by atoms with Crippen molar-refractivity contribution in [2.24, 2.45) is 11.8 Å². The largest absolute Gasteiger partial charge is 0.291 e. The predicted octanol–water partition coefficient (Wildman–Crippen LogP) is 4.02. The number of carbonyl (C=O) groups is 2. The molecule has 0 unspecified atom stereocenters. The topological polar surface area (TPSA) is 34.1 Å². The molecule has 0 radical (unpaired) electrons. The first kappa shape index (κ1) is 16.0. The van der Waals surface area contributed by atoms with Gasteiger partial charge in [-0.05, 0) is 17.9 Å². The molecule has 0 aromatic carbocycles. The summed E-state index contributed by atoms with van der Waals surface area (Å²) in [5.74, 6) is 0.872. The summed E-state index contributed by atoms with van der Waals surface area (Å²) >= 11 is 16.3. The quantitative estimate of drug-likeness (QED) is 0.558. The molecule has 0 N–H and O–H groups in total. The van der Waals surface area contributed by atoms with Gasteiger partial charge in [0.25, 0.3) is 0 Å². The fraction of sp³-hybridized carbons (Fsp3) is 0.600. The van der Waals surface area contributed by atoms with Crippen LogP contribution in [0.2, 0.25) is 0 Å². The number of halogens is 2. The molecule has 21 heavy (non-hydrogen) atoms. The van der Waals surface area contributed by atoms with Gasteiger partial charge in [-0.15, -0.1) is 46.7 Å². The van der Waals surface area contributed by atoms with Crippen LogP contribution in [-0.2, 0) is 9.59 Å². The average molecular weight is 363 g/mol. The number of allylic oxidation sites excluding steroid dienone is 4. The summed E-state index contributed by atoms with van der Waals surface area (Å²) in [5.41, 5.74) is 0. The second-order valence-corrected chi connectivity index (χ2v) is 9.18. The molecule has 0 aromatic rings. The first-order chi connectivity index (χ1) is 9.92. The zero-order chi connectivity index (χ0) is 15.4. The Hall–Kier alpha value is 0.1000. The summed E-state index contributed by atoms with van der Waals surface area (Å²) in [6.07, 6.45) is 4.60. The lowest BCUT2D eigenvalue weighted by molar-refractivity contribution is -0.127. The Labute approximate surface area is 143 Å². The van der Waals surface area contributed by atoms with Crippen molar-refractivity contribution in [2.75, 3.05) is 11.5 Å². The van der Waals surface area contributed by atoms with Crippen molar-refractivity contribution >= 4 is 58.3 Å². The summed E-state index contributed by atoms with van der Waals surface area (Å²) in [6, 6.07) is 0. The maximum absolute atomic E-state index is 13.0. The van der Waals surface area contributed by atoms with E-state index in [9.17, 15) is 9.59 Å². The number of alkyl halides is 2. The summed E-state index contributed by atoms with van der Waals surface area (Å²) < 4.78 is 0. The van der Waals surface area contributed by atoms with E-state index < -0.39 is 9.75 Å². The van der Waals surface area contributed by atoms with Gasteiger partial charge in [0.05, 0.1) is 9.81 Å². The van der Waals surface area contributed by atoms with Gasteiger partial charge < -0.3 is 0 Å². The van der Waals surface area contributed by atoms with Gasteiger partial charge in [-0.3, -0.25) is 9.59 Å². The lowest BCUT2D eigenvalue weighted by Gasteiger charge is -2.44. The van der Waals surface area contributed by atoms with Gasteiger partial charge >= 0.3 is 0 Å². The Balaban J connectivity index is 2.19. The Morgan fingerprint density at radius 2 is 1.38 bits per heavy atom. The second kappa shape index (κ2) is 5.33. The first-order valence-electron chi connectivity index (χ1n) is 7.08. The van der Waals surface area contributed by atoms with Crippen molar-refractivity contribution in [1.82, 2.24) is 0 Å². The fourth-order valence-corrected chi connectivity index (χ4v) is 6.62. The van der Waals surface area contributed by atoms with Crippen molar-refractivity contribution in [1.29, 1.82) is 0 Å². The van der Waals surface area contributed by atoms with E-state index in [2.05, 4.69) is 0 Å². The summed E-state index contributed by atoms with van der Waals surface area (Å²) in [6.45, 7) is 3.93. The van der Waals surface area contributed by atoms with Crippen LogP contribution in [-0.4, -0.2) is 32.8 Å². The van der Waals surface area contributed by atoms with E-state index in [1.54, 1.807) is 0 Å². The standard InChI is InChI=1S/C15H16Cl2O2S2/c1-3-20-10-11(21-4-2)13(19)15(17)9-6-5-8(7-9)14(15,16)12(10)18/h5-6,8-9H,3-4,7H2,1-2H3/t8-,9+,14-,15+. The van der Waals surface area contributed by atoms with E-state index >= 15 is 0 Å². The Bertz CT molecular complexity index is 538. The number of rotatable bonds is 4. The van der Waals surface area contributed by atoms with Crippen LogP contribution in [0.4, 0.5) is 0 Å². The number of hydrogen-bond donors (Lipinski definition) is 0. The molecule has 2 nitrogen and oxygen atoms in total. The SMILES string of the molecule is CCSC1=C(SCC)C(=O)[C@]2(Cl)[C@@H]3C=C[C@@H](C3)[C@]2(Cl)C1=O. The molecule has 6 heteroatoms. The summed E-state index contributed by atoms with van der Waals surface area (Å²) in [7, 11) is 0. The predicted molar refractivity (Wildman–Crippen MR) is 91.2 cm³/mol. The third kappa shape index (κ3) is 1.82. The van der Waals surface area contributed by atoms with Crippen LogP contribution in [0.15, 0.2) is 22.0 Å². The normalized spacial score (nSPS) is 41.1. The van der Waals surface area contributed by atoms with Gasteiger partial charge in [0.15, 0.2) is 11.6 Å². The lowest BCUT2D eigenvalue weighted by atomic mass is 9.73. The lowest BCUT2D eigenvalue weighted by Crippen LogP contribution is -2.62. The molecule has 4 atom stereocenters. The molecule has 0 amide bonds. The number of carbonyl (C=O) groups excluding carboxylic acids is 2. The van der Waals surface area contributed by atoms with Gasteiger partial charge in [0.1, 0.15) is 9.75 Å². The number of thioether (sulfide) groups is 2. The number of ketones is 2. The van der Waals surface area contributed by atoms with Crippen LogP contribution < -0.4 is 0 Å². The molecule has 0 saturated heterocycles. The van der Waals surface area contributed by atoms with Gasteiger partial charge in [0, 0.05) is 11.8 Å². The molecule has 3 rings (SSSR count). The minimum atomic E-state index is -1.31. The summed E-state index contributed by atoms with van der Waals surface area (Å²) in [4.78, 5) is 24.5. The number of fused-ring (bicyclic) bond motifs is 5. The molecule has 114 valence electrons. The fourth-order valence-electron chi connectivity index (χ4n) is 3.58. The van der Waals surface area contributed by atoms with E-state index in [0.29, 0.717) is 16.2 Å². The van der Waals surface area contributed by atoms with Gasteiger partial charge in [-0.2, -0.15) is 0 Å². The van der Waals surface area contributed by atoms with E-state index in [1.807, 2.05) is 26.0 Å². The van der Waals surface area contributed by atoms with E-state index in [-0.39, 0.29) is 23.4 Å². The highest BCUT2D eigenvalue weighted by Gasteiger charge is 2.74. The Morgan fingerprint density at radius 3 is 1.71 bits per heavy atom. The minimum Gasteiger partial charge on any atom is -0.291 e. The molecular weight excluding hydrogens is 347 g/mol. The third-order valence-electron chi connectivity index (χ3n) is 4.49. The van der Waals surface area contributed by atoms with Crippen molar-refractivity contribution < 1.29 is 9.59 Å². The molecule has 3 aliphatic rings. The number of hydrogen-bond acceptors (Lipinski definition) is 4. The van der Waals surface area contributed by atoms with Gasteiger partial charge in [0.2, 0.25) is 0 Å². The smallest absolute Gasteiger partial charge is 0.194 e. The molecule has 1 fully saturated rings. The van der Waals surface area contributed by atoms with Crippen LogP contribution in [0.3, 0.4) is 0 Å².